The Morgan fingerprint density at radius 1 is 1.53 bits per heavy atom. The topological polar surface area (TPSA) is 51.2 Å². The highest BCUT2D eigenvalue weighted by molar-refractivity contribution is 7.99. The number of thioether (sulfide) groups is 1. The van der Waals surface area contributed by atoms with E-state index < -0.39 is 0 Å². The van der Waals surface area contributed by atoms with Crippen LogP contribution in [0.5, 0.6) is 0 Å². The minimum absolute atomic E-state index is 0.101. The number of carbonyl (C=O) groups is 1. The van der Waals surface area contributed by atoms with Crippen molar-refractivity contribution in [1.29, 1.82) is 0 Å². The summed E-state index contributed by atoms with van der Waals surface area (Å²) in [5.74, 6) is 0.843. The lowest BCUT2D eigenvalue weighted by atomic mass is 10.1. The number of nitrogens with zero attached hydrogens (tertiary/aromatic N) is 1. The lowest BCUT2D eigenvalue weighted by Crippen LogP contribution is -2.13. The SMILES string of the molecule is CNCc1ccc(SCC2(CC(=O)OC)CC2)nc1. The summed E-state index contributed by atoms with van der Waals surface area (Å²) in [5, 5.41) is 4.12. The van der Waals surface area contributed by atoms with E-state index in [9.17, 15) is 4.79 Å². The number of aromatic nitrogens is 1. The molecule has 0 saturated heterocycles. The number of rotatable bonds is 7. The summed E-state index contributed by atoms with van der Waals surface area (Å²) in [7, 11) is 3.37. The Balaban J connectivity index is 1.83. The van der Waals surface area contributed by atoms with E-state index in [2.05, 4.69) is 16.4 Å². The van der Waals surface area contributed by atoms with Crippen molar-refractivity contribution >= 4 is 17.7 Å². The molecule has 1 aliphatic rings. The number of nitrogens with one attached hydrogen (secondary N) is 1. The first-order valence-corrected chi connectivity index (χ1v) is 7.45. The number of hydrogen-bond donors (Lipinski definition) is 1. The van der Waals surface area contributed by atoms with Gasteiger partial charge in [0, 0.05) is 18.5 Å². The van der Waals surface area contributed by atoms with Crippen LogP contribution in [0.3, 0.4) is 0 Å². The van der Waals surface area contributed by atoms with E-state index in [-0.39, 0.29) is 11.4 Å². The summed E-state index contributed by atoms with van der Waals surface area (Å²) < 4.78 is 4.75. The van der Waals surface area contributed by atoms with Gasteiger partial charge in [0.2, 0.25) is 0 Å². The molecule has 5 heteroatoms. The standard InChI is InChI=1S/C14H20N2O2S/c1-15-8-11-3-4-12(16-9-11)19-10-14(5-6-14)7-13(17)18-2/h3-4,9,15H,5-8,10H2,1-2H3. The molecule has 2 rings (SSSR count). The van der Waals surface area contributed by atoms with Gasteiger partial charge in [0.1, 0.15) is 0 Å². The van der Waals surface area contributed by atoms with Gasteiger partial charge in [-0.05, 0) is 36.9 Å². The Bertz CT molecular complexity index is 430. The Morgan fingerprint density at radius 3 is 2.84 bits per heavy atom. The summed E-state index contributed by atoms with van der Waals surface area (Å²) in [4.78, 5) is 15.8. The van der Waals surface area contributed by atoms with Gasteiger partial charge in [0.15, 0.2) is 0 Å². The van der Waals surface area contributed by atoms with Crippen molar-refractivity contribution in [2.75, 3.05) is 19.9 Å². The Hall–Kier alpha value is -1.07. The Morgan fingerprint density at radius 2 is 2.32 bits per heavy atom. The van der Waals surface area contributed by atoms with Crippen molar-refractivity contribution in [2.45, 2.75) is 30.8 Å². The molecular formula is C14H20N2O2S. The summed E-state index contributed by atoms with van der Waals surface area (Å²) in [5.41, 5.74) is 1.34. The molecule has 1 heterocycles. The average molecular weight is 280 g/mol. The maximum atomic E-state index is 11.3. The lowest BCUT2D eigenvalue weighted by molar-refractivity contribution is -0.141. The third-order valence-corrected chi connectivity index (χ3v) is 4.70. The van der Waals surface area contributed by atoms with Gasteiger partial charge in [-0.15, -0.1) is 11.8 Å². The monoisotopic (exact) mass is 280 g/mol. The van der Waals surface area contributed by atoms with E-state index in [0.717, 1.165) is 30.2 Å². The number of hydrogen-bond acceptors (Lipinski definition) is 5. The van der Waals surface area contributed by atoms with Crippen LogP contribution in [0.1, 0.15) is 24.8 Å². The fourth-order valence-electron chi connectivity index (χ4n) is 1.96. The van der Waals surface area contributed by atoms with Crippen LogP contribution in [0.15, 0.2) is 23.4 Å². The molecule has 1 aromatic rings. The fourth-order valence-corrected chi connectivity index (χ4v) is 3.10. The molecule has 0 amide bonds. The number of ether oxygens (including phenoxy) is 1. The van der Waals surface area contributed by atoms with Crippen molar-refractivity contribution in [1.82, 2.24) is 10.3 Å². The fraction of sp³-hybridized carbons (Fsp3) is 0.571. The zero-order valence-corrected chi connectivity index (χ0v) is 12.3. The van der Waals surface area contributed by atoms with E-state index in [0.29, 0.717) is 6.42 Å². The third-order valence-electron chi connectivity index (χ3n) is 3.41. The highest BCUT2D eigenvalue weighted by Crippen LogP contribution is 2.51. The third kappa shape index (κ3) is 4.21. The van der Waals surface area contributed by atoms with Crippen molar-refractivity contribution < 1.29 is 9.53 Å². The predicted octanol–water partition coefficient (Wildman–Crippen LogP) is 2.24. The van der Waals surface area contributed by atoms with Gasteiger partial charge in [-0.1, -0.05) is 6.07 Å². The molecule has 4 nitrogen and oxygen atoms in total. The average Bonchev–Trinajstić information content (AvgIpc) is 3.18. The van der Waals surface area contributed by atoms with Crippen LogP contribution in [0.2, 0.25) is 0 Å². The predicted molar refractivity (Wildman–Crippen MR) is 76.0 cm³/mol. The maximum Gasteiger partial charge on any atom is 0.306 e. The summed E-state index contributed by atoms with van der Waals surface area (Å²) >= 11 is 1.73. The second-order valence-corrected chi connectivity index (χ2v) is 6.07. The number of methoxy groups -OCH3 is 1. The molecule has 1 aromatic heterocycles. The molecule has 0 radical (unpaired) electrons. The van der Waals surface area contributed by atoms with Gasteiger partial charge >= 0.3 is 5.97 Å². The van der Waals surface area contributed by atoms with Crippen LogP contribution >= 0.6 is 11.8 Å². The van der Waals surface area contributed by atoms with Crippen LogP contribution in [0.4, 0.5) is 0 Å². The maximum absolute atomic E-state index is 11.3. The number of pyridine rings is 1. The van der Waals surface area contributed by atoms with E-state index in [4.69, 9.17) is 4.74 Å². The summed E-state index contributed by atoms with van der Waals surface area (Å²) in [6.07, 6.45) is 4.67. The summed E-state index contributed by atoms with van der Waals surface area (Å²) in [6.45, 7) is 0.838. The van der Waals surface area contributed by atoms with Gasteiger partial charge in [-0.25, -0.2) is 4.98 Å². The molecule has 0 atom stereocenters. The number of carbonyl (C=O) groups excluding carboxylic acids is 1. The second-order valence-electron chi connectivity index (χ2n) is 5.08. The molecule has 104 valence electrons. The van der Waals surface area contributed by atoms with Crippen LogP contribution in [-0.2, 0) is 16.1 Å². The molecule has 1 fully saturated rings. The highest BCUT2D eigenvalue weighted by atomic mass is 32.2. The van der Waals surface area contributed by atoms with Gasteiger partial charge < -0.3 is 10.1 Å². The van der Waals surface area contributed by atoms with Gasteiger partial charge in [0.25, 0.3) is 0 Å². The van der Waals surface area contributed by atoms with Crippen molar-refractivity contribution in [2.24, 2.45) is 5.41 Å². The highest BCUT2D eigenvalue weighted by Gasteiger charge is 2.44. The van der Waals surface area contributed by atoms with Crippen LogP contribution in [0, 0.1) is 5.41 Å². The van der Waals surface area contributed by atoms with Crippen LogP contribution in [-0.4, -0.2) is 30.9 Å². The lowest BCUT2D eigenvalue weighted by Gasteiger charge is -2.12. The molecule has 0 bridgehead atoms. The molecule has 1 N–H and O–H groups in total. The smallest absolute Gasteiger partial charge is 0.306 e. The largest absolute Gasteiger partial charge is 0.469 e. The van der Waals surface area contributed by atoms with E-state index in [1.165, 1.54) is 12.7 Å². The van der Waals surface area contributed by atoms with Crippen molar-refractivity contribution in [3.63, 3.8) is 0 Å². The number of esters is 1. The molecule has 0 unspecified atom stereocenters. The normalized spacial score (nSPS) is 16.1. The van der Waals surface area contributed by atoms with Gasteiger partial charge in [-0.3, -0.25) is 4.79 Å². The first-order valence-electron chi connectivity index (χ1n) is 6.47. The van der Waals surface area contributed by atoms with Crippen molar-refractivity contribution in [3.8, 4) is 0 Å². The molecule has 1 aliphatic carbocycles. The quantitative estimate of drug-likeness (QED) is 0.613. The van der Waals surface area contributed by atoms with Crippen molar-refractivity contribution in [3.05, 3.63) is 23.9 Å². The minimum atomic E-state index is -0.101. The van der Waals surface area contributed by atoms with Crippen LogP contribution in [0.25, 0.3) is 0 Å². The second kappa shape index (κ2) is 6.39. The van der Waals surface area contributed by atoms with E-state index >= 15 is 0 Å². The Kier molecular flexibility index (Phi) is 4.82. The molecular weight excluding hydrogens is 260 g/mol. The van der Waals surface area contributed by atoms with Gasteiger partial charge in [-0.2, -0.15) is 0 Å². The van der Waals surface area contributed by atoms with E-state index in [1.807, 2.05) is 19.3 Å². The zero-order valence-electron chi connectivity index (χ0n) is 11.4. The molecule has 1 saturated carbocycles. The first kappa shape index (κ1) is 14.3. The van der Waals surface area contributed by atoms with Crippen LogP contribution < -0.4 is 5.32 Å². The Labute approximate surface area is 118 Å². The molecule has 0 aliphatic heterocycles. The molecule has 0 aromatic carbocycles. The molecule has 0 spiro atoms. The minimum Gasteiger partial charge on any atom is -0.469 e. The van der Waals surface area contributed by atoms with E-state index in [1.54, 1.807) is 11.8 Å². The first-order chi connectivity index (χ1) is 9.17. The zero-order chi connectivity index (χ0) is 13.7. The summed E-state index contributed by atoms with van der Waals surface area (Å²) in [6, 6.07) is 4.14. The molecule has 19 heavy (non-hydrogen) atoms. The van der Waals surface area contributed by atoms with Gasteiger partial charge in [0.05, 0.1) is 18.6 Å².